The van der Waals surface area contributed by atoms with Crippen molar-refractivity contribution in [3.8, 4) is 5.75 Å². The quantitative estimate of drug-likeness (QED) is 0.714. The molecule has 0 aliphatic heterocycles. The molecule has 0 saturated carbocycles. The lowest BCUT2D eigenvalue weighted by Gasteiger charge is -2.02. The fourth-order valence-electron chi connectivity index (χ4n) is 1.99. The number of hydrogen-bond acceptors (Lipinski definition) is 6. The summed E-state index contributed by atoms with van der Waals surface area (Å²) in [5, 5.41) is 12.4. The standard InChI is InChI=1S/C15H13ClN6O/c1-23-13-4-2-11(3-5-13)9-22-20-15(19-21-22)14(6-16)12-7-17-10-18-8-12/h2-8,10H,9H2,1H3/b14-6+. The third-order valence-corrected chi connectivity index (χ3v) is 3.38. The summed E-state index contributed by atoms with van der Waals surface area (Å²) in [4.78, 5) is 9.43. The molecule has 116 valence electrons. The summed E-state index contributed by atoms with van der Waals surface area (Å²) in [7, 11) is 1.63. The minimum atomic E-state index is 0.420. The van der Waals surface area contributed by atoms with Crippen LogP contribution in [-0.4, -0.2) is 37.3 Å². The van der Waals surface area contributed by atoms with Crippen LogP contribution in [-0.2, 0) is 6.54 Å². The first-order chi connectivity index (χ1) is 11.3. The van der Waals surface area contributed by atoms with Crippen LogP contribution >= 0.6 is 11.6 Å². The summed E-state index contributed by atoms with van der Waals surface area (Å²) in [5.41, 5.74) is 3.78. The Morgan fingerprint density at radius 1 is 1.22 bits per heavy atom. The molecule has 0 radical (unpaired) electrons. The van der Waals surface area contributed by atoms with Gasteiger partial charge in [-0.05, 0) is 22.9 Å². The highest BCUT2D eigenvalue weighted by Crippen LogP contribution is 2.19. The van der Waals surface area contributed by atoms with Gasteiger partial charge in [0.1, 0.15) is 12.1 Å². The van der Waals surface area contributed by atoms with Gasteiger partial charge in [0, 0.05) is 29.1 Å². The number of halogens is 1. The lowest BCUT2D eigenvalue weighted by atomic mass is 10.1. The molecule has 0 fully saturated rings. The van der Waals surface area contributed by atoms with Crippen molar-refractivity contribution in [3.05, 3.63) is 65.5 Å². The van der Waals surface area contributed by atoms with Gasteiger partial charge >= 0.3 is 0 Å². The second-order valence-corrected chi connectivity index (χ2v) is 4.86. The molecule has 7 nitrogen and oxygen atoms in total. The average Bonchev–Trinajstić information content (AvgIpc) is 3.05. The zero-order chi connectivity index (χ0) is 16.1. The molecule has 3 rings (SSSR count). The predicted octanol–water partition coefficient (Wildman–Crippen LogP) is 2.15. The molecule has 0 aliphatic carbocycles. The molecule has 3 aromatic rings. The zero-order valence-corrected chi connectivity index (χ0v) is 13.1. The Kier molecular flexibility index (Phi) is 4.58. The lowest BCUT2D eigenvalue weighted by Crippen LogP contribution is -2.04. The molecule has 0 N–H and O–H groups in total. The van der Waals surface area contributed by atoms with Gasteiger partial charge < -0.3 is 4.74 Å². The van der Waals surface area contributed by atoms with E-state index in [1.54, 1.807) is 19.5 Å². The highest BCUT2D eigenvalue weighted by atomic mass is 35.5. The van der Waals surface area contributed by atoms with E-state index in [1.165, 1.54) is 16.7 Å². The van der Waals surface area contributed by atoms with Crippen molar-refractivity contribution in [3.63, 3.8) is 0 Å². The number of methoxy groups -OCH3 is 1. The Hall–Kier alpha value is -2.80. The monoisotopic (exact) mass is 328 g/mol. The number of aromatic nitrogens is 6. The smallest absolute Gasteiger partial charge is 0.206 e. The number of benzene rings is 1. The third-order valence-electron chi connectivity index (χ3n) is 3.16. The van der Waals surface area contributed by atoms with Crippen molar-refractivity contribution in [2.24, 2.45) is 0 Å². The Labute approximate surface area is 137 Å². The van der Waals surface area contributed by atoms with Crippen molar-refractivity contribution in [2.45, 2.75) is 6.54 Å². The SMILES string of the molecule is COc1ccc(Cn2nnc(/C(=C/Cl)c3cncnc3)n2)cc1. The molecule has 0 bridgehead atoms. The summed E-state index contributed by atoms with van der Waals surface area (Å²) in [6.45, 7) is 0.498. The second-order valence-electron chi connectivity index (χ2n) is 4.64. The van der Waals surface area contributed by atoms with Crippen molar-refractivity contribution in [2.75, 3.05) is 7.11 Å². The first-order valence-corrected chi connectivity index (χ1v) is 7.20. The van der Waals surface area contributed by atoms with Crippen LogP contribution in [0, 0.1) is 0 Å². The summed E-state index contributed by atoms with van der Waals surface area (Å²) >= 11 is 5.89. The molecule has 1 aromatic carbocycles. The molecule has 0 unspecified atom stereocenters. The first kappa shape index (κ1) is 15.1. The molecule has 0 atom stereocenters. The van der Waals surface area contributed by atoms with E-state index in [4.69, 9.17) is 16.3 Å². The van der Waals surface area contributed by atoms with Gasteiger partial charge in [0.15, 0.2) is 0 Å². The summed E-state index contributed by atoms with van der Waals surface area (Å²) < 4.78 is 5.13. The fraction of sp³-hybridized carbons (Fsp3) is 0.133. The highest BCUT2D eigenvalue weighted by Gasteiger charge is 2.12. The van der Waals surface area contributed by atoms with Crippen LogP contribution in [0.2, 0.25) is 0 Å². The first-order valence-electron chi connectivity index (χ1n) is 6.77. The van der Waals surface area contributed by atoms with E-state index < -0.39 is 0 Å². The van der Waals surface area contributed by atoms with Gasteiger partial charge in [0.25, 0.3) is 0 Å². The molecular weight excluding hydrogens is 316 g/mol. The Balaban J connectivity index is 1.79. The normalized spacial score (nSPS) is 11.5. The minimum Gasteiger partial charge on any atom is -0.497 e. The highest BCUT2D eigenvalue weighted by molar-refractivity contribution is 6.28. The van der Waals surface area contributed by atoms with Crippen molar-refractivity contribution in [1.29, 1.82) is 0 Å². The Bertz CT molecular complexity index is 800. The van der Waals surface area contributed by atoms with E-state index >= 15 is 0 Å². The fourth-order valence-corrected chi connectivity index (χ4v) is 2.21. The van der Waals surface area contributed by atoms with Gasteiger partial charge in [0.05, 0.1) is 13.7 Å². The number of nitrogens with zero attached hydrogens (tertiary/aromatic N) is 6. The molecule has 23 heavy (non-hydrogen) atoms. The van der Waals surface area contributed by atoms with Gasteiger partial charge in [-0.2, -0.15) is 4.80 Å². The van der Waals surface area contributed by atoms with Crippen LogP contribution in [0.1, 0.15) is 17.0 Å². The maximum Gasteiger partial charge on any atom is 0.206 e. The minimum absolute atomic E-state index is 0.420. The maximum atomic E-state index is 5.89. The summed E-state index contributed by atoms with van der Waals surface area (Å²) in [6, 6.07) is 7.67. The summed E-state index contributed by atoms with van der Waals surface area (Å²) in [5.74, 6) is 1.22. The number of hydrogen-bond donors (Lipinski definition) is 0. The van der Waals surface area contributed by atoms with E-state index in [-0.39, 0.29) is 0 Å². The van der Waals surface area contributed by atoms with Crippen LogP contribution < -0.4 is 4.74 Å². The maximum absolute atomic E-state index is 5.89. The Morgan fingerprint density at radius 3 is 2.61 bits per heavy atom. The van der Waals surface area contributed by atoms with Crippen LogP contribution in [0.25, 0.3) is 5.57 Å². The zero-order valence-electron chi connectivity index (χ0n) is 12.3. The van der Waals surface area contributed by atoms with Crippen molar-refractivity contribution >= 4 is 17.2 Å². The van der Waals surface area contributed by atoms with Gasteiger partial charge in [-0.1, -0.05) is 23.7 Å². The van der Waals surface area contributed by atoms with Gasteiger partial charge in [-0.15, -0.1) is 10.2 Å². The molecule has 0 spiro atoms. The second kappa shape index (κ2) is 6.97. The molecular formula is C15H13ClN6O. The number of tetrazole rings is 1. The van der Waals surface area contributed by atoms with Gasteiger partial charge in [0.2, 0.25) is 5.82 Å². The van der Waals surface area contributed by atoms with E-state index in [2.05, 4.69) is 25.4 Å². The van der Waals surface area contributed by atoms with E-state index in [9.17, 15) is 0 Å². The van der Waals surface area contributed by atoms with E-state index in [0.29, 0.717) is 17.9 Å². The van der Waals surface area contributed by atoms with Gasteiger partial charge in [-0.25, -0.2) is 9.97 Å². The van der Waals surface area contributed by atoms with Crippen molar-refractivity contribution in [1.82, 2.24) is 30.2 Å². The predicted molar refractivity (Wildman–Crippen MR) is 84.9 cm³/mol. The van der Waals surface area contributed by atoms with E-state index in [1.807, 2.05) is 24.3 Å². The molecule has 2 heterocycles. The third kappa shape index (κ3) is 3.51. The number of ether oxygens (including phenoxy) is 1. The van der Waals surface area contributed by atoms with Crippen LogP contribution in [0.3, 0.4) is 0 Å². The van der Waals surface area contributed by atoms with Crippen LogP contribution in [0.5, 0.6) is 5.75 Å². The van der Waals surface area contributed by atoms with E-state index in [0.717, 1.165) is 16.9 Å². The Morgan fingerprint density at radius 2 is 1.96 bits per heavy atom. The molecule has 0 amide bonds. The van der Waals surface area contributed by atoms with Crippen LogP contribution in [0.4, 0.5) is 0 Å². The number of rotatable bonds is 5. The molecule has 0 saturated heterocycles. The molecule has 0 aliphatic rings. The summed E-state index contributed by atoms with van der Waals surface area (Å²) in [6.07, 6.45) is 4.74. The topological polar surface area (TPSA) is 78.6 Å². The van der Waals surface area contributed by atoms with Crippen LogP contribution in [0.15, 0.2) is 48.5 Å². The largest absolute Gasteiger partial charge is 0.497 e. The lowest BCUT2D eigenvalue weighted by molar-refractivity contribution is 0.414. The average molecular weight is 329 g/mol. The molecule has 8 heteroatoms. The van der Waals surface area contributed by atoms with Gasteiger partial charge in [-0.3, -0.25) is 0 Å². The molecule has 2 aromatic heterocycles. The van der Waals surface area contributed by atoms with Crippen molar-refractivity contribution < 1.29 is 4.74 Å².